The van der Waals surface area contributed by atoms with Crippen molar-refractivity contribution in [2.24, 2.45) is 10.9 Å². The third-order valence-corrected chi connectivity index (χ3v) is 9.67. The molecule has 1 fully saturated rings. The second-order valence-corrected chi connectivity index (χ2v) is 12.2. The molecule has 39 heavy (non-hydrogen) atoms. The fraction of sp³-hybridized carbons (Fsp3) is 0.586. The molecule has 0 atom stereocenters. The van der Waals surface area contributed by atoms with Crippen molar-refractivity contribution in [1.82, 2.24) is 8.87 Å². The van der Waals surface area contributed by atoms with Crippen molar-refractivity contribution >= 4 is 21.4 Å². The van der Waals surface area contributed by atoms with E-state index in [4.69, 9.17) is 9.73 Å². The number of sulfonamides is 1. The summed E-state index contributed by atoms with van der Waals surface area (Å²) in [4.78, 5) is 18.5. The maximum Gasteiger partial charge on any atom is 0.256 e. The van der Waals surface area contributed by atoms with E-state index >= 15 is 0 Å². The van der Waals surface area contributed by atoms with Gasteiger partial charge in [-0.25, -0.2) is 8.42 Å². The zero-order chi connectivity index (χ0) is 28.2. The molecular formula is C29H41N3O6S. The molecule has 2 N–H and O–H groups in total. The van der Waals surface area contributed by atoms with Crippen LogP contribution in [0, 0.1) is 5.92 Å². The van der Waals surface area contributed by atoms with Crippen LogP contribution in [0.5, 0.6) is 5.75 Å². The van der Waals surface area contributed by atoms with Gasteiger partial charge in [0.15, 0.2) is 0 Å². The Morgan fingerprint density at radius 3 is 2.46 bits per heavy atom. The lowest BCUT2D eigenvalue weighted by atomic mass is 9.95. The minimum Gasteiger partial charge on any atom is -0.493 e. The fourth-order valence-electron chi connectivity index (χ4n) is 5.69. The van der Waals surface area contributed by atoms with Gasteiger partial charge in [-0.05, 0) is 63.1 Å². The van der Waals surface area contributed by atoms with Crippen LogP contribution in [0.3, 0.4) is 0 Å². The molecule has 0 aliphatic carbocycles. The quantitative estimate of drug-likeness (QED) is 0.410. The summed E-state index contributed by atoms with van der Waals surface area (Å²) in [5.74, 6) is 0.876. The number of aromatic nitrogens is 1. The Morgan fingerprint density at radius 1 is 1.10 bits per heavy atom. The summed E-state index contributed by atoms with van der Waals surface area (Å²) in [6, 6.07) is 4.91. The van der Waals surface area contributed by atoms with E-state index in [0.29, 0.717) is 79.0 Å². The van der Waals surface area contributed by atoms with Crippen LogP contribution in [0.15, 0.2) is 32.9 Å². The van der Waals surface area contributed by atoms with Gasteiger partial charge in [0.05, 0.1) is 35.2 Å². The summed E-state index contributed by atoms with van der Waals surface area (Å²) >= 11 is 0. The topological polar surface area (TPSA) is 121 Å². The molecule has 4 rings (SSSR count). The van der Waals surface area contributed by atoms with Gasteiger partial charge in [-0.1, -0.05) is 20.3 Å². The molecule has 0 spiro atoms. The zero-order valence-corrected chi connectivity index (χ0v) is 24.1. The number of benzene rings is 1. The first kappa shape index (κ1) is 29.5. The number of nitrogens with zero attached hydrogens (tertiary/aromatic N) is 3. The molecule has 1 aromatic carbocycles. The van der Waals surface area contributed by atoms with E-state index in [1.165, 1.54) is 4.31 Å². The van der Waals surface area contributed by atoms with Crippen LogP contribution in [-0.4, -0.2) is 59.5 Å². The Bertz CT molecular complexity index is 1370. The Labute approximate surface area is 231 Å². The largest absolute Gasteiger partial charge is 0.493 e. The van der Waals surface area contributed by atoms with Gasteiger partial charge in [-0.2, -0.15) is 4.31 Å². The molecule has 9 nitrogen and oxygen atoms in total. The maximum atomic E-state index is 13.6. The SMILES string of the molecule is CCCOc1ccc(S(=O)(=O)N2CCC(CCO)CC2)cc1C1=Nc2c(CCC)c(CO)n(CC)c(=O)c2C1. The third kappa shape index (κ3) is 5.84. The highest BCUT2D eigenvalue weighted by Crippen LogP contribution is 2.37. The van der Waals surface area contributed by atoms with E-state index in [9.17, 15) is 23.4 Å². The van der Waals surface area contributed by atoms with Gasteiger partial charge in [0.2, 0.25) is 10.0 Å². The Kier molecular flexibility index (Phi) is 9.64. The maximum absolute atomic E-state index is 13.6. The lowest BCUT2D eigenvalue weighted by Crippen LogP contribution is -2.38. The average Bonchev–Trinajstić information content (AvgIpc) is 3.39. The lowest BCUT2D eigenvalue weighted by molar-refractivity contribution is 0.208. The first-order chi connectivity index (χ1) is 18.8. The van der Waals surface area contributed by atoms with Crippen molar-refractivity contribution < 1.29 is 23.4 Å². The molecule has 10 heteroatoms. The van der Waals surface area contributed by atoms with Gasteiger partial charge in [-0.15, -0.1) is 0 Å². The zero-order valence-electron chi connectivity index (χ0n) is 23.3. The highest BCUT2D eigenvalue weighted by molar-refractivity contribution is 7.89. The van der Waals surface area contributed by atoms with Gasteiger partial charge in [-0.3, -0.25) is 9.79 Å². The van der Waals surface area contributed by atoms with E-state index in [1.807, 2.05) is 20.8 Å². The van der Waals surface area contributed by atoms with Crippen LogP contribution >= 0.6 is 0 Å². The minimum atomic E-state index is -3.74. The lowest BCUT2D eigenvalue weighted by Gasteiger charge is -2.31. The summed E-state index contributed by atoms with van der Waals surface area (Å²) < 4.78 is 36.4. The van der Waals surface area contributed by atoms with Crippen LogP contribution in [0.1, 0.15) is 75.3 Å². The molecule has 2 aromatic rings. The summed E-state index contributed by atoms with van der Waals surface area (Å²) in [7, 11) is -3.74. The minimum absolute atomic E-state index is 0.119. The number of aliphatic hydroxyl groups excluding tert-OH is 2. The van der Waals surface area contributed by atoms with E-state index in [-0.39, 0.29) is 30.1 Å². The van der Waals surface area contributed by atoms with Crippen molar-refractivity contribution in [1.29, 1.82) is 0 Å². The van der Waals surface area contributed by atoms with E-state index in [1.54, 1.807) is 22.8 Å². The molecule has 214 valence electrons. The van der Waals surface area contributed by atoms with E-state index in [2.05, 4.69) is 0 Å². The highest BCUT2D eigenvalue weighted by atomic mass is 32.2. The number of fused-ring (bicyclic) bond motifs is 1. The van der Waals surface area contributed by atoms with Crippen LogP contribution in [0.2, 0.25) is 0 Å². The van der Waals surface area contributed by atoms with Gasteiger partial charge in [0.25, 0.3) is 5.56 Å². The molecule has 1 saturated heterocycles. The summed E-state index contributed by atoms with van der Waals surface area (Å²) in [6.07, 6.45) is 4.72. The number of rotatable bonds is 12. The summed E-state index contributed by atoms with van der Waals surface area (Å²) in [6.45, 7) is 7.56. The average molecular weight is 560 g/mol. The van der Waals surface area contributed by atoms with E-state index < -0.39 is 10.0 Å². The monoisotopic (exact) mass is 559 g/mol. The predicted octanol–water partition coefficient (Wildman–Crippen LogP) is 3.56. The molecular weight excluding hydrogens is 518 g/mol. The van der Waals surface area contributed by atoms with Crippen molar-refractivity contribution in [3.8, 4) is 5.75 Å². The van der Waals surface area contributed by atoms with Crippen molar-refractivity contribution in [2.45, 2.75) is 83.8 Å². The number of ether oxygens (including phenoxy) is 1. The van der Waals surface area contributed by atoms with Gasteiger partial charge >= 0.3 is 0 Å². The van der Waals surface area contributed by atoms with Crippen LogP contribution in [-0.2, 0) is 36.0 Å². The second kappa shape index (κ2) is 12.8. The molecule has 2 aliphatic heterocycles. The van der Waals surface area contributed by atoms with Gasteiger partial charge in [0.1, 0.15) is 5.75 Å². The number of aliphatic hydroxyl groups is 2. The number of hydrogen-bond donors (Lipinski definition) is 2. The molecule has 0 radical (unpaired) electrons. The van der Waals surface area contributed by atoms with Crippen LogP contribution in [0.4, 0.5) is 5.69 Å². The summed E-state index contributed by atoms with van der Waals surface area (Å²) in [5, 5.41) is 19.4. The molecule has 0 bridgehead atoms. The number of hydrogen-bond acceptors (Lipinski definition) is 7. The molecule has 1 aromatic heterocycles. The second-order valence-electron chi connectivity index (χ2n) is 10.3. The van der Waals surface area contributed by atoms with Crippen molar-refractivity contribution in [3.63, 3.8) is 0 Å². The van der Waals surface area contributed by atoms with Crippen LogP contribution in [0.25, 0.3) is 0 Å². The molecule has 0 amide bonds. The van der Waals surface area contributed by atoms with Crippen molar-refractivity contribution in [3.05, 3.63) is 50.9 Å². The Morgan fingerprint density at radius 2 is 1.85 bits per heavy atom. The Hall–Kier alpha value is -2.53. The number of aliphatic imine (C=N–C) groups is 1. The first-order valence-corrected chi connectivity index (χ1v) is 15.6. The van der Waals surface area contributed by atoms with Crippen LogP contribution < -0.4 is 10.3 Å². The number of piperidine rings is 1. The van der Waals surface area contributed by atoms with Gasteiger partial charge in [0, 0.05) is 49.4 Å². The van der Waals surface area contributed by atoms with Crippen molar-refractivity contribution in [2.75, 3.05) is 26.3 Å². The molecule has 3 heterocycles. The highest BCUT2D eigenvalue weighted by Gasteiger charge is 2.32. The smallest absolute Gasteiger partial charge is 0.256 e. The van der Waals surface area contributed by atoms with Gasteiger partial charge < -0.3 is 19.5 Å². The predicted molar refractivity (Wildman–Crippen MR) is 152 cm³/mol. The fourth-order valence-corrected chi connectivity index (χ4v) is 7.19. The number of pyridine rings is 1. The molecule has 0 saturated carbocycles. The summed E-state index contributed by atoms with van der Waals surface area (Å²) in [5.41, 5.74) is 3.65. The standard InChI is InChI=1S/C29H41N3O6S/c1-4-7-22-26(19-34)32(6-3)29(35)24-18-25(30-28(22)24)23-17-21(8-9-27(23)38-16-5-2)39(36,37)31-13-10-20(11-14-31)12-15-33/h8-9,17,20,33-34H,4-7,10-16,18-19H2,1-3H3. The Balaban J connectivity index is 1.77. The molecule has 2 aliphatic rings. The first-order valence-electron chi connectivity index (χ1n) is 14.1. The van der Waals surface area contributed by atoms with E-state index in [0.717, 1.165) is 31.2 Å². The normalized spacial score (nSPS) is 16.4. The molecule has 0 unspecified atom stereocenters. The third-order valence-electron chi connectivity index (χ3n) is 7.78.